The van der Waals surface area contributed by atoms with Crippen molar-refractivity contribution in [1.29, 1.82) is 0 Å². The Morgan fingerprint density at radius 2 is 1.73 bits per heavy atom. The minimum atomic E-state index is -3.85. The Morgan fingerprint density at radius 3 is 2.38 bits per heavy atom. The number of morpholine rings is 1. The predicted molar refractivity (Wildman–Crippen MR) is 142 cm³/mol. The number of rotatable bonds is 9. The van der Waals surface area contributed by atoms with Crippen molar-refractivity contribution in [3.8, 4) is 11.1 Å². The van der Waals surface area contributed by atoms with E-state index in [9.17, 15) is 18.0 Å². The summed E-state index contributed by atoms with van der Waals surface area (Å²) in [6, 6.07) is 15.9. The average Bonchev–Trinajstić information content (AvgIpc) is 2.91. The lowest BCUT2D eigenvalue weighted by Crippen LogP contribution is -2.49. The Morgan fingerprint density at radius 1 is 1.05 bits per heavy atom. The summed E-state index contributed by atoms with van der Waals surface area (Å²) in [6.07, 6.45) is 3.35. The van der Waals surface area contributed by atoms with Gasteiger partial charge in [-0.1, -0.05) is 30.3 Å². The summed E-state index contributed by atoms with van der Waals surface area (Å²) in [5.74, 6) is -1.03. The third-order valence-corrected chi connectivity index (χ3v) is 9.34. The molecule has 1 amide bonds. The SMILES string of the molecule is C[C@](CCn1ccc2cc(-c3ccc(CCN4CCOCC4)cc3)ccc2c1=O)(C(=O)NO)S(C)(=O)=O. The van der Waals surface area contributed by atoms with Gasteiger partial charge in [0.25, 0.3) is 11.5 Å². The molecule has 37 heavy (non-hydrogen) atoms. The van der Waals surface area contributed by atoms with E-state index in [2.05, 4.69) is 29.2 Å². The molecule has 0 aliphatic carbocycles. The molecule has 9 nitrogen and oxygen atoms in total. The van der Waals surface area contributed by atoms with E-state index in [1.807, 2.05) is 12.1 Å². The lowest BCUT2D eigenvalue weighted by Gasteiger charge is -2.26. The Hall–Kier alpha value is -3.05. The molecule has 1 aliphatic rings. The first-order valence-corrected chi connectivity index (χ1v) is 14.2. The molecule has 4 rings (SSSR count). The van der Waals surface area contributed by atoms with Crippen LogP contribution >= 0.6 is 0 Å². The third-order valence-electron chi connectivity index (χ3n) is 7.31. The number of carbonyl (C=O) groups is 1. The second-order valence-electron chi connectivity index (χ2n) is 9.71. The molecule has 1 fully saturated rings. The summed E-state index contributed by atoms with van der Waals surface area (Å²) in [7, 11) is -3.85. The number of hydrogen-bond donors (Lipinski definition) is 2. The van der Waals surface area contributed by atoms with Crippen LogP contribution in [0.4, 0.5) is 0 Å². The van der Waals surface area contributed by atoms with E-state index in [1.165, 1.54) is 22.5 Å². The van der Waals surface area contributed by atoms with Gasteiger partial charge in [-0.05, 0) is 60.0 Å². The number of hydrogen-bond acceptors (Lipinski definition) is 7. The molecular weight excluding hydrogens is 494 g/mol. The highest BCUT2D eigenvalue weighted by Gasteiger charge is 2.43. The van der Waals surface area contributed by atoms with Gasteiger partial charge in [-0.15, -0.1) is 0 Å². The maximum atomic E-state index is 13.1. The first-order valence-electron chi connectivity index (χ1n) is 12.3. The topological polar surface area (TPSA) is 118 Å². The van der Waals surface area contributed by atoms with Crippen molar-refractivity contribution < 1.29 is 23.2 Å². The molecule has 1 aromatic heterocycles. The van der Waals surface area contributed by atoms with Gasteiger partial charge in [-0.2, -0.15) is 0 Å². The van der Waals surface area contributed by atoms with Crippen molar-refractivity contribution in [2.24, 2.45) is 0 Å². The van der Waals surface area contributed by atoms with E-state index < -0.39 is 20.5 Å². The molecule has 3 aromatic rings. The van der Waals surface area contributed by atoms with Gasteiger partial charge in [0, 0.05) is 44.0 Å². The Bertz CT molecular complexity index is 1430. The van der Waals surface area contributed by atoms with E-state index in [-0.39, 0.29) is 18.5 Å². The summed E-state index contributed by atoms with van der Waals surface area (Å²) in [5, 5.41) is 10.3. The molecule has 0 saturated carbocycles. The summed E-state index contributed by atoms with van der Waals surface area (Å²) in [5.41, 5.74) is 4.48. The first-order chi connectivity index (χ1) is 17.6. The fourth-order valence-electron chi connectivity index (χ4n) is 4.54. The fraction of sp³-hybridized carbons (Fsp3) is 0.407. The number of hydroxylamine groups is 1. The Balaban J connectivity index is 1.49. The van der Waals surface area contributed by atoms with Gasteiger partial charge < -0.3 is 9.30 Å². The largest absolute Gasteiger partial charge is 0.379 e. The second kappa shape index (κ2) is 11.1. The number of aryl methyl sites for hydroxylation is 1. The molecular formula is C27H33N3O6S. The fourth-order valence-corrected chi connectivity index (χ4v) is 5.38. The van der Waals surface area contributed by atoms with E-state index in [1.54, 1.807) is 18.3 Å². The Kier molecular flexibility index (Phi) is 8.13. The van der Waals surface area contributed by atoms with E-state index in [0.29, 0.717) is 5.39 Å². The lowest BCUT2D eigenvalue weighted by molar-refractivity contribution is -0.131. The molecule has 0 bridgehead atoms. The number of aromatic nitrogens is 1. The van der Waals surface area contributed by atoms with E-state index in [0.717, 1.165) is 62.0 Å². The molecule has 0 radical (unpaired) electrons. The highest BCUT2D eigenvalue weighted by Crippen LogP contribution is 2.25. The van der Waals surface area contributed by atoms with Crippen molar-refractivity contribution in [3.05, 3.63) is 70.6 Å². The molecule has 0 unspecified atom stereocenters. The standard InChI is InChI=1S/C27H33N3O6S/c1-27(26(32)28-33,37(2,34)35)11-14-30-13-10-23-19-22(7-8-24(23)25(30)31)21-5-3-20(4-6-21)9-12-29-15-17-36-18-16-29/h3-8,10,13,19,33H,9,11-12,14-18H2,1-2H3,(H,28,32)/t27-/m0/s1. The van der Waals surface area contributed by atoms with Crippen LogP contribution in [-0.4, -0.2) is 72.9 Å². The zero-order valence-electron chi connectivity index (χ0n) is 21.1. The van der Waals surface area contributed by atoms with E-state index >= 15 is 0 Å². The second-order valence-corrected chi connectivity index (χ2v) is 12.2. The molecule has 1 saturated heterocycles. The number of fused-ring (bicyclic) bond motifs is 1. The van der Waals surface area contributed by atoms with Crippen LogP contribution in [0.5, 0.6) is 0 Å². The molecule has 2 N–H and O–H groups in total. The lowest BCUT2D eigenvalue weighted by atomic mass is 10.00. The van der Waals surface area contributed by atoms with Crippen molar-refractivity contribution in [2.45, 2.75) is 31.1 Å². The van der Waals surface area contributed by atoms with Crippen molar-refractivity contribution in [3.63, 3.8) is 0 Å². The van der Waals surface area contributed by atoms with E-state index in [4.69, 9.17) is 9.94 Å². The van der Waals surface area contributed by atoms with Gasteiger partial charge in [-0.3, -0.25) is 19.7 Å². The van der Waals surface area contributed by atoms with Crippen molar-refractivity contribution in [2.75, 3.05) is 39.1 Å². The maximum Gasteiger partial charge on any atom is 0.264 e. The van der Waals surface area contributed by atoms with Crippen molar-refractivity contribution >= 4 is 26.5 Å². The molecule has 1 atom stereocenters. The third kappa shape index (κ3) is 5.93. The molecule has 2 heterocycles. The number of sulfone groups is 1. The molecule has 198 valence electrons. The molecule has 10 heteroatoms. The van der Waals surface area contributed by atoms with Crippen LogP contribution in [0, 0.1) is 0 Å². The predicted octanol–water partition coefficient (Wildman–Crippen LogP) is 2.24. The van der Waals surface area contributed by atoms with Crippen LogP contribution in [0.25, 0.3) is 21.9 Å². The zero-order valence-corrected chi connectivity index (χ0v) is 22.0. The summed E-state index contributed by atoms with van der Waals surface area (Å²) in [6.45, 7) is 5.80. The minimum Gasteiger partial charge on any atom is -0.379 e. The van der Waals surface area contributed by atoms with Gasteiger partial charge in [0.05, 0.1) is 13.2 Å². The van der Waals surface area contributed by atoms with Crippen LogP contribution in [0.1, 0.15) is 18.9 Å². The molecule has 0 spiro atoms. The number of carbonyl (C=O) groups excluding carboxylic acids is 1. The van der Waals surface area contributed by atoms with Crippen LogP contribution in [0.2, 0.25) is 0 Å². The molecule has 1 aliphatic heterocycles. The van der Waals surface area contributed by atoms with Crippen LogP contribution in [0.15, 0.2) is 59.5 Å². The number of nitrogens with one attached hydrogen (secondary N) is 1. The van der Waals surface area contributed by atoms with Gasteiger partial charge >= 0.3 is 0 Å². The number of benzene rings is 2. The van der Waals surface area contributed by atoms with Gasteiger partial charge in [0.2, 0.25) is 0 Å². The Labute approximate surface area is 216 Å². The number of nitrogens with zero attached hydrogens (tertiary/aromatic N) is 2. The highest BCUT2D eigenvalue weighted by atomic mass is 32.2. The number of pyridine rings is 1. The monoisotopic (exact) mass is 527 g/mol. The zero-order chi connectivity index (χ0) is 26.6. The minimum absolute atomic E-state index is 0.000566. The molecule has 2 aromatic carbocycles. The quantitative estimate of drug-likeness (QED) is 0.324. The van der Waals surface area contributed by atoms with Crippen LogP contribution < -0.4 is 11.0 Å². The normalized spacial score (nSPS) is 16.4. The summed E-state index contributed by atoms with van der Waals surface area (Å²) < 4.78 is 29.3. The number of ether oxygens (including phenoxy) is 1. The maximum absolute atomic E-state index is 13.1. The van der Waals surface area contributed by atoms with Crippen molar-refractivity contribution in [1.82, 2.24) is 14.9 Å². The van der Waals surface area contributed by atoms with Gasteiger partial charge in [0.1, 0.15) is 0 Å². The first kappa shape index (κ1) is 27.0. The summed E-state index contributed by atoms with van der Waals surface area (Å²) >= 11 is 0. The van der Waals surface area contributed by atoms with Gasteiger partial charge in [0.15, 0.2) is 14.6 Å². The van der Waals surface area contributed by atoms with Crippen LogP contribution in [-0.2, 0) is 32.3 Å². The van der Waals surface area contributed by atoms with Gasteiger partial charge in [-0.25, -0.2) is 13.9 Å². The van der Waals surface area contributed by atoms with Crippen LogP contribution in [0.3, 0.4) is 0 Å². The highest BCUT2D eigenvalue weighted by molar-refractivity contribution is 7.92. The summed E-state index contributed by atoms with van der Waals surface area (Å²) in [4.78, 5) is 27.6. The average molecular weight is 528 g/mol. The number of amides is 1. The smallest absolute Gasteiger partial charge is 0.264 e.